The van der Waals surface area contributed by atoms with Gasteiger partial charge in [0.1, 0.15) is 0 Å². The molecule has 3 atom stereocenters. The second-order valence-corrected chi connectivity index (χ2v) is 10.2. The van der Waals surface area contributed by atoms with Crippen molar-refractivity contribution in [3.63, 3.8) is 0 Å². The largest absolute Gasteiger partial charge is 0.356 e. The molecule has 3 heteroatoms. The summed E-state index contributed by atoms with van der Waals surface area (Å²) in [6.07, 6.45) is 11.1. The van der Waals surface area contributed by atoms with E-state index >= 15 is 0 Å². The van der Waals surface area contributed by atoms with Gasteiger partial charge in [0.15, 0.2) is 0 Å². The van der Waals surface area contributed by atoms with Crippen molar-refractivity contribution in [3.05, 3.63) is 35.9 Å². The van der Waals surface area contributed by atoms with Gasteiger partial charge in [0.25, 0.3) is 0 Å². The van der Waals surface area contributed by atoms with E-state index in [-0.39, 0.29) is 16.6 Å². The van der Waals surface area contributed by atoms with Crippen LogP contribution >= 0.6 is 8.15 Å². The van der Waals surface area contributed by atoms with Crippen molar-refractivity contribution in [2.75, 3.05) is 12.3 Å². The zero-order chi connectivity index (χ0) is 16.3. The topological polar surface area (TPSA) is 9.23 Å². The number of hydrogen-bond donors (Lipinski definition) is 0. The Morgan fingerprint density at radius 2 is 1.79 bits per heavy atom. The predicted molar refractivity (Wildman–Crippen MR) is 107 cm³/mol. The second-order valence-electron chi connectivity index (χ2n) is 8.13. The molecule has 0 bridgehead atoms. The molecule has 0 aromatic heterocycles. The van der Waals surface area contributed by atoms with E-state index < -0.39 is 0 Å². The van der Waals surface area contributed by atoms with Crippen LogP contribution in [0.2, 0.25) is 0 Å². The molecule has 24 heavy (non-hydrogen) atoms. The van der Waals surface area contributed by atoms with Gasteiger partial charge in [0.2, 0.25) is 0 Å². The van der Waals surface area contributed by atoms with Crippen LogP contribution in [0.25, 0.3) is 0 Å². The summed E-state index contributed by atoms with van der Waals surface area (Å²) in [4.78, 5) is 0. The molecular weight excluding hydrogens is 310 g/mol. The average Bonchev–Trinajstić information content (AvgIpc) is 3.05. The Balaban J connectivity index is 0.00000208. The van der Waals surface area contributed by atoms with Gasteiger partial charge in [-0.05, 0) is 67.2 Å². The highest BCUT2D eigenvalue weighted by atomic mass is 31.1. The summed E-state index contributed by atoms with van der Waals surface area (Å²) < 4.78 is 6.75. The Kier molecular flexibility index (Phi) is 7.38. The Morgan fingerprint density at radius 1 is 1.12 bits per heavy atom. The van der Waals surface area contributed by atoms with Crippen molar-refractivity contribution < 1.29 is 4.52 Å². The molecule has 1 nitrogen and oxygen atoms in total. The van der Waals surface area contributed by atoms with Crippen LogP contribution < -0.4 is 0 Å². The lowest BCUT2D eigenvalue weighted by Gasteiger charge is -2.49. The zero-order valence-electron chi connectivity index (χ0n) is 15.7. The Bertz CT molecular complexity index is 486. The highest BCUT2D eigenvalue weighted by molar-refractivity contribution is 7.52. The minimum atomic E-state index is -0.130. The SMILES string of the molecule is CC(C)C1(C)CCCC(OP2CCCC2)[C@@H]1Cc1ccccc1.[B]. The van der Waals surface area contributed by atoms with Crippen molar-refractivity contribution in [1.29, 1.82) is 0 Å². The van der Waals surface area contributed by atoms with Crippen LogP contribution in [-0.4, -0.2) is 26.8 Å². The fraction of sp³-hybridized carbons (Fsp3) is 0.714. The van der Waals surface area contributed by atoms with Gasteiger partial charge < -0.3 is 4.52 Å². The van der Waals surface area contributed by atoms with Gasteiger partial charge in [-0.3, -0.25) is 0 Å². The van der Waals surface area contributed by atoms with Crippen molar-refractivity contribution in [3.8, 4) is 0 Å². The molecule has 1 heterocycles. The predicted octanol–water partition coefficient (Wildman–Crippen LogP) is 5.89. The van der Waals surface area contributed by atoms with E-state index in [0.29, 0.717) is 17.4 Å². The first-order valence-electron chi connectivity index (χ1n) is 9.55. The van der Waals surface area contributed by atoms with Crippen LogP contribution in [-0.2, 0) is 10.9 Å². The van der Waals surface area contributed by atoms with E-state index in [9.17, 15) is 0 Å². The molecular formula is C21H33BOP. The summed E-state index contributed by atoms with van der Waals surface area (Å²) in [6.45, 7) is 7.37. The summed E-state index contributed by atoms with van der Waals surface area (Å²) in [5.41, 5.74) is 1.90. The fourth-order valence-corrected chi connectivity index (χ4v) is 6.78. The molecule has 0 amide bonds. The molecule has 3 rings (SSSR count). The van der Waals surface area contributed by atoms with Crippen molar-refractivity contribution in [2.24, 2.45) is 17.3 Å². The maximum atomic E-state index is 6.75. The smallest absolute Gasteiger partial charge is 0.0654 e. The van der Waals surface area contributed by atoms with Crippen molar-refractivity contribution in [1.82, 2.24) is 0 Å². The molecule has 2 fully saturated rings. The second kappa shape index (κ2) is 8.86. The molecule has 0 N–H and O–H groups in total. The van der Waals surface area contributed by atoms with Gasteiger partial charge in [0, 0.05) is 16.6 Å². The molecule has 0 spiro atoms. The van der Waals surface area contributed by atoms with Gasteiger partial charge in [-0.15, -0.1) is 0 Å². The maximum Gasteiger partial charge on any atom is 0.0654 e. The third-order valence-electron chi connectivity index (χ3n) is 6.47. The Labute approximate surface area is 152 Å². The molecule has 1 aromatic carbocycles. The minimum Gasteiger partial charge on any atom is -0.356 e. The lowest BCUT2D eigenvalue weighted by molar-refractivity contribution is -0.0254. The summed E-state index contributed by atoms with van der Waals surface area (Å²) >= 11 is 0. The average molecular weight is 343 g/mol. The van der Waals surface area contributed by atoms with Gasteiger partial charge in [0.05, 0.1) is 6.10 Å². The Morgan fingerprint density at radius 3 is 2.42 bits per heavy atom. The lowest BCUT2D eigenvalue weighted by atomic mass is 9.59. The first-order chi connectivity index (χ1) is 11.1. The monoisotopic (exact) mass is 343 g/mol. The molecule has 2 aliphatic rings. The minimum absolute atomic E-state index is 0. The van der Waals surface area contributed by atoms with E-state index in [1.165, 1.54) is 56.4 Å². The molecule has 1 aliphatic carbocycles. The van der Waals surface area contributed by atoms with Crippen LogP contribution in [0, 0.1) is 17.3 Å². The van der Waals surface area contributed by atoms with Gasteiger partial charge in [-0.25, -0.2) is 0 Å². The molecule has 1 aliphatic heterocycles. The van der Waals surface area contributed by atoms with Crippen LogP contribution in [0.5, 0.6) is 0 Å². The molecule has 2 unspecified atom stereocenters. The highest BCUT2D eigenvalue weighted by Crippen LogP contribution is 2.54. The number of rotatable bonds is 5. The lowest BCUT2D eigenvalue weighted by Crippen LogP contribution is -2.45. The van der Waals surface area contributed by atoms with E-state index in [2.05, 4.69) is 51.1 Å². The number of benzene rings is 1. The quantitative estimate of drug-likeness (QED) is 0.479. The third-order valence-corrected chi connectivity index (χ3v) is 8.67. The van der Waals surface area contributed by atoms with E-state index in [1.807, 2.05) is 0 Å². The van der Waals surface area contributed by atoms with E-state index in [0.717, 1.165) is 5.92 Å². The summed E-state index contributed by atoms with van der Waals surface area (Å²) in [5, 5.41) is 0. The molecule has 1 aromatic rings. The summed E-state index contributed by atoms with van der Waals surface area (Å²) in [6, 6.07) is 11.1. The third kappa shape index (κ3) is 4.44. The molecule has 1 saturated heterocycles. The fourth-order valence-electron chi connectivity index (χ4n) is 4.56. The first kappa shape index (κ1) is 20.0. The number of hydrogen-bond acceptors (Lipinski definition) is 1. The highest BCUT2D eigenvalue weighted by Gasteiger charge is 2.45. The normalized spacial score (nSPS) is 31.2. The van der Waals surface area contributed by atoms with Crippen LogP contribution in [0.3, 0.4) is 0 Å². The molecule has 1 saturated carbocycles. The van der Waals surface area contributed by atoms with Crippen molar-refractivity contribution in [2.45, 2.75) is 65.4 Å². The standard InChI is InChI=1S/C21H33OP.B/c1-17(2)21(3)13-9-12-20(22-23-14-7-8-15-23)19(21)16-18-10-5-4-6-11-18;/h4-6,10-11,17,19-20H,7-9,12-16H2,1-3H3;/t19-,20?,21?;/m0./s1. The maximum absolute atomic E-state index is 6.75. The molecule has 3 radical (unpaired) electrons. The Hall–Kier alpha value is -0.325. The van der Waals surface area contributed by atoms with Crippen molar-refractivity contribution >= 4 is 16.6 Å². The zero-order valence-corrected chi connectivity index (χ0v) is 16.6. The van der Waals surface area contributed by atoms with Crippen LogP contribution in [0.15, 0.2) is 30.3 Å². The summed E-state index contributed by atoms with van der Waals surface area (Å²) in [5.74, 6) is 1.39. The van der Waals surface area contributed by atoms with Gasteiger partial charge in [-0.2, -0.15) is 0 Å². The first-order valence-corrected chi connectivity index (χ1v) is 11.2. The van der Waals surface area contributed by atoms with Gasteiger partial charge in [-0.1, -0.05) is 57.5 Å². The van der Waals surface area contributed by atoms with E-state index in [4.69, 9.17) is 4.52 Å². The van der Waals surface area contributed by atoms with E-state index in [1.54, 1.807) is 0 Å². The van der Waals surface area contributed by atoms with Gasteiger partial charge >= 0.3 is 0 Å². The van der Waals surface area contributed by atoms with Crippen LogP contribution in [0.1, 0.15) is 58.4 Å². The molecule has 131 valence electrons. The van der Waals surface area contributed by atoms with Crippen LogP contribution in [0.4, 0.5) is 0 Å². The summed E-state index contributed by atoms with van der Waals surface area (Å²) in [7, 11) is -0.130.